The van der Waals surface area contributed by atoms with Crippen LogP contribution in [-0.2, 0) is 0 Å². The van der Waals surface area contributed by atoms with Gasteiger partial charge in [0.1, 0.15) is 0 Å². The number of benzene rings is 1. The Bertz CT molecular complexity index is 807. The molecule has 3 rings (SSSR count). The van der Waals surface area contributed by atoms with Crippen molar-refractivity contribution in [3.8, 4) is 0 Å². The maximum atomic E-state index is 12.5. The number of hydrogen-bond donors (Lipinski definition) is 0. The summed E-state index contributed by atoms with van der Waals surface area (Å²) in [6, 6.07) is 9.58. The average Bonchev–Trinajstić information content (AvgIpc) is 3.02. The quantitative estimate of drug-likeness (QED) is 0.786. The maximum absolute atomic E-state index is 12.5. The molecule has 1 aromatic heterocycles. The van der Waals surface area contributed by atoms with Crippen molar-refractivity contribution in [3.63, 3.8) is 0 Å². The van der Waals surface area contributed by atoms with Crippen molar-refractivity contribution in [2.24, 2.45) is 0 Å². The highest BCUT2D eigenvalue weighted by Crippen LogP contribution is 2.21. The summed E-state index contributed by atoms with van der Waals surface area (Å²) in [7, 11) is 0. The van der Waals surface area contributed by atoms with Gasteiger partial charge in [0.15, 0.2) is 0 Å². The van der Waals surface area contributed by atoms with Gasteiger partial charge in [-0.2, -0.15) is 4.57 Å². The zero-order valence-corrected chi connectivity index (χ0v) is 11.3. The normalized spacial score (nSPS) is 14.5. The lowest BCUT2D eigenvalue weighted by molar-refractivity contribution is 0.0947. The van der Waals surface area contributed by atoms with Crippen LogP contribution >= 0.6 is 0 Å². The van der Waals surface area contributed by atoms with E-state index in [1.54, 1.807) is 30.3 Å². The minimum absolute atomic E-state index is 0.0204. The Labute approximate surface area is 120 Å². The molecule has 0 radical (unpaired) electrons. The molecule has 21 heavy (non-hydrogen) atoms. The Morgan fingerprint density at radius 3 is 2.33 bits per heavy atom. The fraction of sp³-hybridized carbons (Fsp3) is 0.188. The van der Waals surface area contributed by atoms with Crippen LogP contribution in [0.3, 0.4) is 0 Å². The van der Waals surface area contributed by atoms with Gasteiger partial charge in [-0.3, -0.25) is 14.2 Å². The molecule has 1 heterocycles. The van der Waals surface area contributed by atoms with Crippen LogP contribution in [0.2, 0.25) is 0 Å². The molecule has 5 heteroatoms. The largest absolute Gasteiger partial charge is 0.338 e. The molecule has 2 aromatic rings. The molecule has 0 aliphatic heterocycles. The molecule has 0 atom stereocenters. The second kappa shape index (κ2) is 5.36. The molecule has 0 amide bonds. The van der Waals surface area contributed by atoms with Gasteiger partial charge in [0.25, 0.3) is 11.5 Å². The van der Waals surface area contributed by atoms with Crippen molar-refractivity contribution in [2.45, 2.75) is 18.9 Å². The zero-order valence-electron chi connectivity index (χ0n) is 11.3. The summed E-state index contributed by atoms with van der Waals surface area (Å²) in [4.78, 5) is 36.8. The van der Waals surface area contributed by atoms with Gasteiger partial charge in [-0.15, -0.1) is 0 Å². The van der Waals surface area contributed by atoms with E-state index in [1.165, 1.54) is 16.8 Å². The summed E-state index contributed by atoms with van der Waals surface area (Å²) in [6.07, 6.45) is 6.92. The molecule has 1 aromatic carbocycles. The Hall–Kier alpha value is -2.69. The molecule has 0 bridgehead atoms. The van der Waals surface area contributed by atoms with Crippen molar-refractivity contribution in [2.75, 3.05) is 0 Å². The first-order valence-electron chi connectivity index (χ1n) is 6.77. The lowest BCUT2D eigenvalue weighted by Crippen LogP contribution is -2.43. The highest BCUT2D eigenvalue weighted by atomic mass is 16.2. The second-order valence-electron chi connectivity index (χ2n) is 4.95. The highest BCUT2D eigenvalue weighted by Gasteiger charge is 2.19. The number of aromatic nitrogens is 2. The van der Waals surface area contributed by atoms with Crippen molar-refractivity contribution in [1.29, 1.82) is 0 Å². The minimum atomic E-state index is -0.601. The zero-order chi connectivity index (χ0) is 14.8. The first kappa shape index (κ1) is 13.3. The van der Waals surface area contributed by atoms with E-state index in [0.29, 0.717) is 10.1 Å². The SMILES string of the molecule is O=C(c1ccccc1)n1c(=O)ccn(C2CC=CC2)c1=O. The summed E-state index contributed by atoms with van der Waals surface area (Å²) in [5, 5.41) is 0. The fourth-order valence-corrected chi connectivity index (χ4v) is 2.50. The second-order valence-corrected chi connectivity index (χ2v) is 4.95. The van der Waals surface area contributed by atoms with Crippen LogP contribution < -0.4 is 11.2 Å². The maximum Gasteiger partial charge on any atom is 0.338 e. The Morgan fingerprint density at radius 1 is 1.00 bits per heavy atom. The lowest BCUT2D eigenvalue weighted by atomic mass is 10.2. The monoisotopic (exact) mass is 282 g/mol. The number of hydrogen-bond acceptors (Lipinski definition) is 3. The molecule has 5 nitrogen and oxygen atoms in total. The number of carbonyl (C=O) groups is 1. The van der Waals surface area contributed by atoms with E-state index in [4.69, 9.17) is 0 Å². The molecule has 0 saturated carbocycles. The van der Waals surface area contributed by atoms with E-state index in [9.17, 15) is 14.4 Å². The van der Waals surface area contributed by atoms with Crippen molar-refractivity contribution in [3.05, 3.63) is 81.1 Å². The van der Waals surface area contributed by atoms with E-state index in [1.807, 2.05) is 12.2 Å². The summed E-state index contributed by atoms with van der Waals surface area (Å²) < 4.78 is 2.16. The summed E-state index contributed by atoms with van der Waals surface area (Å²) in [6.45, 7) is 0. The molecule has 0 fully saturated rings. The van der Waals surface area contributed by atoms with Gasteiger partial charge in [-0.05, 0) is 25.0 Å². The van der Waals surface area contributed by atoms with Crippen LogP contribution in [0.25, 0.3) is 0 Å². The van der Waals surface area contributed by atoms with Crippen molar-refractivity contribution in [1.82, 2.24) is 9.13 Å². The van der Waals surface area contributed by atoms with Gasteiger partial charge in [0.2, 0.25) is 0 Å². The number of nitrogens with zero attached hydrogens (tertiary/aromatic N) is 2. The molecule has 1 aliphatic carbocycles. The third-order valence-corrected chi connectivity index (χ3v) is 3.61. The number of allylic oxidation sites excluding steroid dienone is 2. The van der Waals surface area contributed by atoms with Crippen molar-refractivity contribution >= 4 is 5.91 Å². The van der Waals surface area contributed by atoms with Crippen LogP contribution in [0.15, 0.2) is 64.3 Å². The Morgan fingerprint density at radius 2 is 1.67 bits per heavy atom. The third kappa shape index (κ3) is 2.38. The van der Waals surface area contributed by atoms with Crippen LogP contribution in [0.1, 0.15) is 29.2 Å². The van der Waals surface area contributed by atoms with Gasteiger partial charge in [0, 0.05) is 23.9 Å². The molecule has 0 spiro atoms. The van der Waals surface area contributed by atoms with Crippen LogP contribution in [-0.4, -0.2) is 15.0 Å². The fourth-order valence-electron chi connectivity index (χ4n) is 2.50. The van der Waals surface area contributed by atoms with Crippen molar-refractivity contribution < 1.29 is 4.79 Å². The summed E-state index contributed by atoms with van der Waals surface area (Å²) in [5.41, 5.74) is -0.861. The Kier molecular flexibility index (Phi) is 3.39. The minimum Gasteiger partial charge on any atom is -0.296 e. The number of carbonyl (C=O) groups excluding carboxylic acids is 1. The van der Waals surface area contributed by atoms with E-state index in [2.05, 4.69) is 0 Å². The van der Waals surface area contributed by atoms with E-state index >= 15 is 0 Å². The van der Waals surface area contributed by atoms with Crippen LogP contribution in [0.5, 0.6) is 0 Å². The molecule has 1 aliphatic rings. The number of rotatable bonds is 2. The first-order chi connectivity index (χ1) is 10.2. The van der Waals surface area contributed by atoms with Gasteiger partial charge in [-0.25, -0.2) is 4.79 Å². The summed E-state index contributed by atoms with van der Waals surface area (Å²) in [5.74, 6) is -0.592. The van der Waals surface area contributed by atoms with Crippen LogP contribution in [0.4, 0.5) is 0 Å². The third-order valence-electron chi connectivity index (χ3n) is 3.61. The summed E-state index contributed by atoms with van der Waals surface area (Å²) >= 11 is 0. The first-order valence-corrected chi connectivity index (χ1v) is 6.77. The topological polar surface area (TPSA) is 61.1 Å². The van der Waals surface area contributed by atoms with E-state index in [0.717, 1.165) is 12.8 Å². The van der Waals surface area contributed by atoms with Gasteiger partial charge in [-0.1, -0.05) is 30.4 Å². The predicted octanol–water partition coefficient (Wildman–Crippen LogP) is 1.59. The molecule has 0 unspecified atom stereocenters. The molecular weight excluding hydrogens is 268 g/mol. The van der Waals surface area contributed by atoms with E-state index in [-0.39, 0.29) is 6.04 Å². The Balaban J connectivity index is 2.10. The molecule has 0 N–H and O–H groups in total. The molecule has 106 valence electrons. The highest BCUT2D eigenvalue weighted by molar-refractivity contribution is 5.95. The molecular formula is C16H14N2O3. The average molecular weight is 282 g/mol. The van der Waals surface area contributed by atoms with Gasteiger partial charge >= 0.3 is 5.69 Å². The predicted molar refractivity (Wildman–Crippen MR) is 78.5 cm³/mol. The standard InChI is InChI=1S/C16H14N2O3/c19-14-10-11-17(13-8-4-5-9-13)16(21)18(14)15(20)12-6-2-1-3-7-12/h1-7,10-11,13H,8-9H2. The van der Waals surface area contributed by atoms with Gasteiger partial charge < -0.3 is 0 Å². The van der Waals surface area contributed by atoms with Crippen LogP contribution in [0, 0.1) is 0 Å². The van der Waals surface area contributed by atoms with E-state index < -0.39 is 17.2 Å². The smallest absolute Gasteiger partial charge is 0.296 e. The molecule has 0 saturated heterocycles. The lowest BCUT2D eigenvalue weighted by Gasteiger charge is -2.14. The van der Waals surface area contributed by atoms with Gasteiger partial charge in [0.05, 0.1) is 0 Å².